The number of rotatable bonds is 6. The lowest BCUT2D eigenvalue weighted by Crippen LogP contribution is -1.97. The van der Waals surface area contributed by atoms with Crippen molar-refractivity contribution >= 4 is 11.6 Å². The summed E-state index contributed by atoms with van der Waals surface area (Å²) >= 11 is 6.46. The van der Waals surface area contributed by atoms with Crippen molar-refractivity contribution in [3.63, 3.8) is 0 Å². The summed E-state index contributed by atoms with van der Waals surface area (Å²) in [6.07, 6.45) is 4.77. The van der Waals surface area contributed by atoms with Gasteiger partial charge in [0.2, 0.25) is 0 Å². The predicted octanol–water partition coefficient (Wildman–Crippen LogP) is 5.14. The fraction of sp³-hybridized carbons (Fsp3) is 0.333. The van der Waals surface area contributed by atoms with E-state index in [1.165, 1.54) is 24.0 Å². The molecule has 0 heterocycles. The fourth-order valence-corrected chi connectivity index (χ4v) is 2.53. The Morgan fingerprint density at radius 3 is 2.60 bits per heavy atom. The zero-order chi connectivity index (χ0) is 13.8. The van der Waals surface area contributed by atoms with Gasteiger partial charge in [-0.1, -0.05) is 42.5 Å². The van der Waals surface area contributed by atoms with Crippen LogP contribution in [0, 0.1) is 0 Å². The number of hydrogen-bond donors (Lipinski definition) is 0. The van der Waals surface area contributed by atoms with Gasteiger partial charge >= 0.3 is 0 Å². The zero-order valence-corrected chi connectivity index (χ0v) is 12.2. The maximum absolute atomic E-state index is 6.46. The summed E-state index contributed by atoms with van der Waals surface area (Å²) in [5, 5.41) is 0.0733. The summed E-state index contributed by atoms with van der Waals surface area (Å²) in [4.78, 5) is 0. The highest BCUT2D eigenvalue weighted by Crippen LogP contribution is 2.29. The maximum atomic E-state index is 6.46. The van der Waals surface area contributed by atoms with Crippen LogP contribution in [0.4, 0.5) is 0 Å². The van der Waals surface area contributed by atoms with Crippen LogP contribution in [0.3, 0.4) is 0 Å². The molecule has 0 radical (unpaired) electrons. The van der Waals surface area contributed by atoms with E-state index >= 15 is 0 Å². The third-order valence-corrected chi connectivity index (χ3v) is 4.04. The largest absolute Gasteiger partial charge is 0.490 e. The summed E-state index contributed by atoms with van der Waals surface area (Å²) in [7, 11) is 0. The Morgan fingerprint density at radius 1 is 1.05 bits per heavy atom. The molecule has 20 heavy (non-hydrogen) atoms. The highest BCUT2D eigenvalue weighted by molar-refractivity contribution is 6.20. The average Bonchev–Trinajstić information content (AvgIpc) is 3.30. The number of aryl methyl sites for hydroxylation is 1. The lowest BCUT2D eigenvalue weighted by atomic mass is 10.0. The molecule has 1 atom stereocenters. The minimum atomic E-state index is 0.0733. The second-order valence-electron chi connectivity index (χ2n) is 5.38. The topological polar surface area (TPSA) is 9.23 Å². The molecule has 0 spiro atoms. The van der Waals surface area contributed by atoms with Gasteiger partial charge in [-0.05, 0) is 48.9 Å². The number of benzene rings is 2. The number of ether oxygens (including phenoxy) is 1. The van der Waals surface area contributed by atoms with Crippen molar-refractivity contribution in [2.75, 3.05) is 0 Å². The normalized spacial score (nSPS) is 15.8. The van der Waals surface area contributed by atoms with Crippen LogP contribution in [-0.4, -0.2) is 6.10 Å². The van der Waals surface area contributed by atoms with Gasteiger partial charge < -0.3 is 4.74 Å². The van der Waals surface area contributed by atoms with Crippen molar-refractivity contribution in [3.8, 4) is 5.75 Å². The van der Waals surface area contributed by atoms with Crippen LogP contribution in [0.15, 0.2) is 54.6 Å². The second-order valence-corrected chi connectivity index (χ2v) is 5.91. The Labute approximate surface area is 125 Å². The van der Waals surface area contributed by atoms with Crippen molar-refractivity contribution in [2.24, 2.45) is 0 Å². The second kappa shape index (κ2) is 6.32. The van der Waals surface area contributed by atoms with Gasteiger partial charge in [-0.25, -0.2) is 0 Å². The molecular weight excluding hydrogens is 268 g/mol. The van der Waals surface area contributed by atoms with Crippen molar-refractivity contribution in [1.29, 1.82) is 0 Å². The Balaban J connectivity index is 1.57. The molecule has 0 bridgehead atoms. The SMILES string of the molecule is ClC(CCc1cccc(OC2CC2)c1)c1ccccc1. The molecule has 0 amide bonds. The number of halogens is 1. The molecule has 1 saturated carbocycles. The van der Waals surface area contributed by atoms with Crippen LogP contribution in [-0.2, 0) is 6.42 Å². The van der Waals surface area contributed by atoms with Gasteiger partial charge in [0.25, 0.3) is 0 Å². The van der Waals surface area contributed by atoms with Crippen LogP contribution in [0.2, 0.25) is 0 Å². The summed E-state index contributed by atoms with van der Waals surface area (Å²) in [6, 6.07) is 18.7. The molecule has 1 aliphatic carbocycles. The van der Waals surface area contributed by atoms with Crippen LogP contribution >= 0.6 is 11.6 Å². The Hall–Kier alpha value is -1.47. The summed E-state index contributed by atoms with van der Waals surface area (Å²) in [5.41, 5.74) is 2.49. The first-order valence-corrected chi connectivity index (χ1v) is 7.69. The van der Waals surface area contributed by atoms with Gasteiger partial charge in [0, 0.05) is 0 Å². The molecule has 1 unspecified atom stereocenters. The van der Waals surface area contributed by atoms with Gasteiger partial charge in [0.1, 0.15) is 5.75 Å². The van der Waals surface area contributed by atoms with E-state index in [9.17, 15) is 0 Å². The van der Waals surface area contributed by atoms with E-state index < -0.39 is 0 Å². The van der Waals surface area contributed by atoms with Crippen LogP contribution in [0.25, 0.3) is 0 Å². The molecule has 104 valence electrons. The monoisotopic (exact) mass is 286 g/mol. The molecule has 2 aromatic carbocycles. The minimum Gasteiger partial charge on any atom is -0.490 e. The fourth-order valence-electron chi connectivity index (χ4n) is 2.27. The molecule has 2 aromatic rings. The standard InChI is InChI=1S/C18H19ClO/c19-18(15-6-2-1-3-7-15)12-9-14-5-4-8-17(13-14)20-16-10-11-16/h1-8,13,16,18H,9-12H2. The number of alkyl halides is 1. The first kappa shape index (κ1) is 13.5. The molecule has 0 N–H and O–H groups in total. The molecule has 0 aliphatic heterocycles. The smallest absolute Gasteiger partial charge is 0.119 e. The van der Waals surface area contributed by atoms with Crippen molar-refractivity contribution in [1.82, 2.24) is 0 Å². The molecule has 1 aliphatic rings. The quantitative estimate of drug-likeness (QED) is 0.668. The van der Waals surface area contributed by atoms with Gasteiger partial charge in [-0.3, -0.25) is 0 Å². The van der Waals surface area contributed by atoms with E-state index in [2.05, 4.69) is 30.3 Å². The zero-order valence-electron chi connectivity index (χ0n) is 11.5. The van der Waals surface area contributed by atoms with E-state index in [4.69, 9.17) is 16.3 Å². The summed E-state index contributed by atoms with van der Waals surface area (Å²) in [5.74, 6) is 0.996. The lowest BCUT2D eigenvalue weighted by Gasteiger charge is -2.11. The van der Waals surface area contributed by atoms with Crippen LogP contribution in [0.1, 0.15) is 35.8 Å². The molecular formula is C18H19ClO. The highest BCUT2D eigenvalue weighted by atomic mass is 35.5. The van der Waals surface area contributed by atoms with E-state index in [1.54, 1.807) is 0 Å². The molecule has 0 saturated heterocycles. The first-order chi connectivity index (χ1) is 9.81. The molecule has 0 aromatic heterocycles. The number of hydrogen-bond acceptors (Lipinski definition) is 1. The van der Waals surface area contributed by atoms with Gasteiger partial charge in [-0.15, -0.1) is 11.6 Å². The van der Waals surface area contributed by atoms with Crippen molar-refractivity contribution < 1.29 is 4.74 Å². The maximum Gasteiger partial charge on any atom is 0.119 e. The van der Waals surface area contributed by atoms with Gasteiger partial charge in [-0.2, -0.15) is 0 Å². The average molecular weight is 287 g/mol. The van der Waals surface area contributed by atoms with E-state index in [1.807, 2.05) is 24.3 Å². The summed E-state index contributed by atoms with van der Waals surface area (Å²) in [6.45, 7) is 0. The van der Waals surface area contributed by atoms with Crippen LogP contribution in [0.5, 0.6) is 5.75 Å². The lowest BCUT2D eigenvalue weighted by molar-refractivity contribution is 0.303. The van der Waals surface area contributed by atoms with Crippen LogP contribution < -0.4 is 4.74 Å². The van der Waals surface area contributed by atoms with Crippen molar-refractivity contribution in [2.45, 2.75) is 37.2 Å². The van der Waals surface area contributed by atoms with Gasteiger partial charge in [0.15, 0.2) is 0 Å². The third-order valence-electron chi connectivity index (χ3n) is 3.57. The van der Waals surface area contributed by atoms with E-state index in [0.29, 0.717) is 6.10 Å². The highest BCUT2D eigenvalue weighted by Gasteiger charge is 2.23. The molecule has 2 heteroatoms. The predicted molar refractivity (Wildman–Crippen MR) is 83.4 cm³/mol. The Morgan fingerprint density at radius 2 is 1.85 bits per heavy atom. The van der Waals surface area contributed by atoms with E-state index in [0.717, 1.165) is 18.6 Å². The molecule has 1 fully saturated rings. The molecule has 1 nitrogen and oxygen atoms in total. The Kier molecular flexibility index (Phi) is 4.27. The molecule has 3 rings (SSSR count). The van der Waals surface area contributed by atoms with Crippen molar-refractivity contribution in [3.05, 3.63) is 65.7 Å². The first-order valence-electron chi connectivity index (χ1n) is 7.26. The Bertz CT molecular complexity index is 548. The summed E-state index contributed by atoms with van der Waals surface area (Å²) < 4.78 is 5.82. The van der Waals surface area contributed by atoms with E-state index in [-0.39, 0.29) is 5.38 Å². The third kappa shape index (κ3) is 3.77. The minimum absolute atomic E-state index is 0.0733. The van der Waals surface area contributed by atoms with Gasteiger partial charge in [0.05, 0.1) is 11.5 Å².